The molecule has 7 heteroatoms. The first kappa shape index (κ1) is 15.7. The molecule has 0 amide bonds. The fraction of sp³-hybridized carbons (Fsp3) is 0.417. The van der Waals surface area contributed by atoms with Crippen LogP contribution in [0.3, 0.4) is 0 Å². The lowest BCUT2D eigenvalue weighted by Gasteiger charge is -2.09. The minimum absolute atomic E-state index is 0.00545. The number of ether oxygens (including phenoxy) is 2. The summed E-state index contributed by atoms with van der Waals surface area (Å²) in [4.78, 5) is 0.263. The fourth-order valence-corrected chi connectivity index (χ4v) is 1.41. The van der Waals surface area contributed by atoms with Gasteiger partial charge in [-0.3, -0.25) is 0 Å². The SMILES string of the molecule is NC(=S)c1cccc(OCCCOCC(F)(F)F)c1. The first-order valence-corrected chi connectivity index (χ1v) is 5.96. The van der Waals surface area contributed by atoms with Crippen LogP contribution in [-0.4, -0.2) is 31.0 Å². The zero-order valence-electron chi connectivity index (χ0n) is 10.1. The Morgan fingerprint density at radius 2 is 2.00 bits per heavy atom. The van der Waals surface area contributed by atoms with Gasteiger partial charge in [-0.2, -0.15) is 13.2 Å². The van der Waals surface area contributed by atoms with E-state index >= 15 is 0 Å². The summed E-state index contributed by atoms with van der Waals surface area (Å²) in [6.07, 6.45) is -3.92. The van der Waals surface area contributed by atoms with Crippen molar-refractivity contribution in [2.45, 2.75) is 12.6 Å². The van der Waals surface area contributed by atoms with E-state index in [1.165, 1.54) is 0 Å². The van der Waals surface area contributed by atoms with Gasteiger partial charge in [0.15, 0.2) is 0 Å². The Hall–Kier alpha value is -1.34. The van der Waals surface area contributed by atoms with Crippen LogP contribution in [-0.2, 0) is 4.74 Å². The van der Waals surface area contributed by atoms with Gasteiger partial charge in [0.2, 0.25) is 0 Å². The second kappa shape index (κ2) is 7.30. The van der Waals surface area contributed by atoms with Crippen LogP contribution in [0.15, 0.2) is 24.3 Å². The third-order valence-corrected chi connectivity index (χ3v) is 2.32. The summed E-state index contributed by atoms with van der Waals surface area (Å²) in [7, 11) is 0. The fourth-order valence-electron chi connectivity index (χ4n) is 1.28. The summed E-state index contributed by atoms with van der Waals surface area (Å²) in [6.45, 7) is -0.975. The highest BCUT2D eigenvalue weighted by atomic mass is 32.1. The lowest BCUT2D eigenvalue weighted by atomic mass is 10.2. The Morgan fingerprint density at radius 3 is 2.63 bits per heavy atom. The first-order valence-electron chi connectivity index (χ1n) is 5.55. The molecule has 0 fully saturated rings. The van der Waals surface area contributed by atoms with Crippen molar-refractivity contribution in [3.8, 4) is 5.75 Å². The Balaban J connectivity index is 2.23. The van der Waals surface area contributed by atoms with Crippen LogP contribution in [0.1, 0.15) is 12.0 Å². The average Bonchev–Trinajstić information content (AvgIpc) is 2.32. The number of nitrogens with two attached hydrogens (primary N) is 1. The van der Waals surface area contributed by atoms with Gasteiger partial charge in [0.25, 0.3) is 0 Å². The summed E-state index contributed by atoms with van der Waals surface area (Å²) in [5.74, 6) is 0.570. The summed E-state index contributed by atoms with van der Waals surface area (Å²) in [6, 6.07) is 6.89. The monoisotopic (exact) mass is 293 g/mol. The third kappa shape index (κ3) is 6.97. The van der Waals surface area contributed by atoms with Crippen molar-refractivity contribution >= 4 is 17.2 Å². The molecular formula is C12H14F3NO2S. The number of halogens is 3. The zero-order valence-corrected chi connectivity index (χ0v) is 10.9. The molecule has 0 atom stereocenters. The molecule has 0 heterocycles. The Labute approximate surface area is 114 Å². The van der Waals surface area contributed by atoms with Crippen molar-refractivity contribution in [2.24, 2.45) is 5.73 Å². The molecule has 0 unspecified atom stereocenters. The minimum atomic E-state index is -4.29. The van der Waals surface area contributed by atoms with Crippen LogP contribution in [0.5, 0.6) is 5.75 Å². The highest BCUT2D eigenvalue weighted by Crippen LogP contribution is 2.15. The van der Waals surface area contributed by atoms with Crippen molar-refractivity contribution in [2.75, 3.05) is 19.8 Å². The maximum atomic E-state index is 11.8. The standard InChI is InChI=1S/C12H14F3NO2S/c13-12(14,15)8-17-5-2-6-18-10-4-1-3-9(7-10)11(16)19/h1,3-4,7H,2,5-6,8H2,(H2,16,19). The summed E-state index contributed by atoms with van der Waals surface area (Å²) in [5, 5.41) is 0. The van der Waals surface area contributed by atoms with Crippen LogP contribution >= 0.6 is 12.2 Å². The van der Waals surface area contributed by atoms with Gasteiger partial charge in [-0.15, -0.1) is 0 Å². The summed E-state index contributed by atoms with van der Waals surface area (Å²) in [5.41, 5.74) is 6.15. The molecular weight excluding hydrogens is 279 g/mol. The molecule has 0 saturated heterocycles. The topological polar surface area (TPSA) is 44.5 Å². The van der Waals surface area contributed by atoms with E-state index in [0.29, 0.717) is 17.7 Å². The molecule has 19 heavy (non-hydrogen) atoms. The highest BCUT2D eigenvalue weighted by molar-refractivity contribution is 7.80. The van der Waals surface area contributed by atoms with Crippen LogP contribution < -0.4 is 10.5 Å². The van der Waals surface area contributed by atoms with Crippen LogP contribution in [0.4, 0.5) is 13.2 Å². The second-order valence-electron chi connectivity index (χ2n) is 3.76. The second-order valence-corrected chi connectivity index (χ2v) is 4.20. The lowest BCUT2D eigenvalue weighted by Crippen LogP contribution is -2.18. The molecule has 1 aromatic carbocycles. The van der Waals surface area contributed by atoms with E-state index in [1.54, 1.807) is 24.3 Å². The van der Waals surface area contributed by atoms with E-state index in [2.05, 4.69) is 4.74 Å². The Kier molecular flexibility index (Phi) is 6.04. The molecule has 106 valence electrons. The molecule has 0 spiro atoms. The van der Waals surface area contributed by atoms with Crippen molar-refractivity contribution in [1.82, 2.24) is 0 Å². The van der Waals surface area contributed by atoms with Gasteiger partial charge in [-0.05, 0) is 12.1 Å². The molecule has 1 rings (SSSR count). The number of hydrogen-bond donors (Lipinski definition) is 1. The van der Waals surface area contributed by atoms with Crippen molar-refractivity contribution in [3.63, 3.8) is 0 Å². The van der Waals surface area contributed by atoms with Crippen molar-refractivity contribution in [3.05, 3.63) is 29.8 Å². The predicted octanol–water partition coefficient (Wildman–Crippen LogP) is 2.67. The van der Waals surface area contributed by atoms with E-state index in [4.69, 9.17) is 22.7 Å². The number of benzene rings is 1. The van der Waals surface area contributed by atoms with Gasteiger partial charge in [-0.1, -0.05) is 24.4 Å². The number of rotatable bonds is 7. The molecule has 0 bridgehead atoms. The molecule has 0 aliphatic heterocycles. The van der Waals surface area contributed by atoms with E-state index in [0.717, 1.165) is 0 Å². The third-order valence-electron chi connectivity index (χ3n) is 2.09. The van der Waals surface area contributed by atoms with Gasteiger partial charge >= 0.3 is 6.18 Å². The average molecular weight is 293 g/mol. The van der Waals surface area contributed by atoms with Crippen molar-refractivity contribution in [1.29, 1.82) is 0 Å². The van der Waals surface area contributed by atoms with Gasteiger partial charge in [0, 0.05) is 12.0 Å². The Bertz CT molecular complexity index is 424. The number of alkyl halides is 3. The largest absolute Gasteiger partial charge is 0.493 e. The minimum Gasteiger partial charge on any atom is -0.493 e. The molecule has 0 radical (unpaired) electrons. The van der Waals surface area contributed by atoms with E-state index in [-0.39, 0.29) is 18.2 Å². The maximum absolute atomic E-state index is 11.8. The van der Waals surface area contributed by atoms with Crippen molar-refractivity contribution < 1.29 is 22.6 Å². The normalized spacial score (nSPS) is 11.3. The predicted molar refractivity (Wildman–Crippen MR) is 69.3 cm³/mol. The van der Waals surface area contributed by atoms with Gasteiger partial charge in [-0.25, -0.2) is 0 Å². The number of hydrogen-bond acceptors (Lipinski definition) is 3. The lowest BCUT2D eigenvalue weighted by molar-refractivity contribution is -0.174. The maximum Gasteiger partial charge on any atom is 0.411 e. The van der Waals surface area contributed by atoms with Crippen LogP contribution in [0.25, 0.3) is 0 Å². The number of thiocarbonyl (C=S) groups is 1. The van der Waals surface area contributed by atoms with E-state index < -0.39 is 12.8 Å². The molecule has 0 saturated carbocycles. The molecule has 0 aliphatic rings. The van der Waals surface area contributed by atoms with Crippen LogP contribution in [0.2, 0.25) is 0 Å². The highest BCUT2D eigenvalue weighted by Gasteiger charge is 2.27. The first-order chi connectivity index (χ1) is 8.88. The Morgan fingerprint density at radius 1 is 1.26 bits per heavy atom. The molecule has 0 aliphatic carbocycles. The quantitative estimate of drug-likeness (QED) is 0.620. The van der Waals surface area contributed by atoms with Gasteiger partial charge in [0.1, 0.15) is 17.3 Å². The molecule has 0 aromatic heterocycles. The molecule has 1 aromatic rings. The van der Waals surface area contributed by atoms with E-state index in [1.807, 2.05) is 0 Å². The van der Waals surface area contributed by atoms with Gasteiger partial charge in [0.05, 0.1) is 13.2 Å². The molecule has 2 N–H and O–H groups in total. The zero-order chi connectivity index (χ0) is 14.3. The van der Waals surface area contributed by atoms with E-state index in [9.17, 15) is 13.2 Å². The summed E-state index contributed by atoms with van der Waals surface area (Å²) >= 11 is 4.82. The van der Waals surface area contributed by atoms with Crippen LogP contribution in [0, 0.1) is 0 Å². The summed E-state index contributed by atoms with van der Waals surface area (Å²) < 4.78 is 45.1. The molecule has 3 nitrogen and oxygen atoms in total. The van der Waals surface area contributed by atoms with Gasteiger partial charge < -0.3 is 15.2 Å². The smallest absolute Gasteiger partial charge is 0.411 e.